The van der Waals surface area contributed by atoms with Gasteiger partial charge in [0.15, 0.2) is 0 Å². The van der Waals surface area contributed by atoms with E-state index in [-0.39, 0.29) is 0 Å². The summed E-state index contributed by atoms with van der Waals surface area (Å²) in [5.74, 6) is 0. The van der Waals surface area contributed by atoms with Gasteiger partial charge in [0.2, 0.25) is 0 Å². The zero-order valence-electron chi connectivity index (χ0n) is 6.50. The highest BCUT2D eigenvalue weighted by Crippen LogP contribution is 2.19. The number of thiol groups is 1. The van der Waals surface area contributed by atoms with Crippen molar-refractivity contribution in [3.05, 3.63) is 28.8 Å². The smallest absolute Gasteiger partial charge is 0.100 e. The van der Waals surface area contributed by atoms with Crippen molar-refractivity contribution in [2.24, 2.45) is 0 Å². The third-order valence-corrected chi connectivity index (χ3v) is 1.98. The summed E-state index contributed by atoms with van der Waals surface area (Å²) in [7, 11) is 0. The van der Waals surface area contributed by atoms with Crippen LogP contribution in [0.25, 0.3) is 0 Å². The average Bonchev–Trinajstić information content (AvgIpc) is 2.08. The lowest BCUT2D eigenvalue weighted by Crippen LogP contribution is -1.86. The van der Waals surface area contributed by atoms with Crippen LogP contribution in [-0.4, -0.2) is 0 Å². The fourth-order valence-electron chi connectivity index (χ4n) is 0.949. The van der Waals surface area contributed by atoms with Gasteiger partial charge < -0.3 is 0 Å². The molecule has 0 aliphatic heterocycles. The first-order chi connectivity index (χ1) is 5.69. The summed E-state index contributed by atoms with van der Waals surface area (Å²) in [6.07, 6.45) is 0. The van der Waals surface area contributed by atoms with Gasteiger partial charge in [-0.3, -0.25) is 0 Å². The maximum Gasteiger partial charge on any atom is 0.100 e. The Morgan fingerprint density at radius 1 is 1.17 bits per heavy atom. The number of nitrogens with zero attached hydrogens (tertiary/aromatic N) is 2. The molecule has 3 heteroatoms. The van der Waals surface area contributed by atoms with Gasteiger partial charge in [-0.2, -0.15) is 10.5 Å². The maximum absolute atomic E-state index is 8.65. The third kappa shape index (κ3) is 1.42. The summed E-state index contributed by atoms with van der Waals surface area (Å²) in [6.45, 7) is 1.84. The van der Waals surface area contributed by atoms with Crippen LogP contribution < -0.4 is 0 Å². The first-order valence-electron chi connectivity index (χ1n) is 3.33. The van der Waals surface area contributed by atoms with Crippen LogP contribution in [0.1, 0.15) is 16.7 Å². The van der Waals surface area contributed by atoms with Crippen LogP contribution in [0.5, 0.6) is 0 Å². The first kappa shape index (κ1) is 8.64. The molecule has 0 saturated carbocycles. The molecule has 2 nitrogen and oxygen atoms in total. The Labute approximate surface area is 76.5 Å². The molecule has 0 spiro atoms. The summed E-state index contributed by atoms with van der Waals surface area (Å²) >= 11 is 4.07. The summed E-state index contributed by atoms with van der Waals surface area (Å²) in [4.78, 5) is 0.464. The van der Waals surface area contributed by atoms with E-state index < -0.39 is 0 Å². The highest BCUT2D eigenvalue weighted by Gasteiger charge is 2.04. The lowest BCUT2D eigenvalue weighted by atomic mass is 10.1. The molecular formula is C9H6N2S. The average molecular weight is 174 g/mol. The number of hydrogen-bond acceptors (Lipinski definition) is 3. The van der Waals surface area contributed by atoms with Crippen molar-refractivity contribution in [3.8, 4) is 12.1 Å². The minimum Gasteiger partial charge on any atom is -0.192 e. The van der Waals surface area contributed by atoms with Crippen LogP contribution in [0.4, 0.5) is 0 Å². The van der Waals surface area contributed by atoms with E-state index in [1.165, 1.54) is 0 Å². The maximum atomic E-state index is 8.65. The van der Waals surface area contributed by atoms with Crippen molar-refractivity contribution in [1.29, 1.82) is 10.5 Å². The Kier molecular flexibility index (Phi) is 2.38. The van der Waals surface area contributed by atoms with Gasteiger partial charge in [-0.25, -0.2) is 0 Å². The lowest BCUT2D eigenvalue weighted by molar-refractivity contribution is 1.28. The highest BCUT2D eigenvalue weighted by atomic mass is 32.1. The topological polar surface area (TPSA) is 47.6 Å². The van der Waals surface area contributed by atoms with Crippen LogP contribution in [0.2, 0.25) is 0 Å². The monoisotopic (exact) mass is 174 g/mol. The molecule has 0 amide bonds. The molecule has 0 bridgehead atoms. The van der Waals surface area contributed by atoms with Crippen LogP contribution in [0.3, 0.4) is 0 Å². The van der Waals surface area contributed by atoms with Crippen molar-refractivity contribution >= 4 is 12.6 Å². The van der Waals surface area contributed by atoms with E-state index in [1.807, 2.05) is 19.1 Å². The molecule has 0 saturated heterocycles. The Hall–Kier alpha value is -1.45. The van der Waals surface area contributed by atoms with Crippen molar-refractivity contribution in [2.45, 2.75) is 11.8 Å². The number of aryl methyl sites for hydroxylation is 1. The number of nitriles is 2. The molecular weight excluding hydrogens is 168 g/mol. The number of rotatable bonds is 0. The van der Waals surface area contributed by atoms with Crippen molar-refractivity contribution in [2.75, 3.05) is 0 Å². The largest absolute Gasteiger partial charge is 0.192 e. The second-order valence-electron chi connectivity index (χ2n) is 2.43. The molecule has 0 fully saturated rings. The van der Waals surface area contributed by atoms with Crippen LogP contribution in [-0.2, 0) is 0 Å². The van der Waals surface area contributed by atoms with Crippen molar-refractivity contribution < 1.29 is 0 Å². The predicted molar refractivity (Wildman–Crippen MR) is 47.9 cm³/mol. The second kappa shape index (κ2) is 3.30. The molecule has 0 heterocycles. The summed E-state index contributed by atoms with van der Waals surface area (Å²) in [6, 6.07) is 7.39. The molecule has 0 atom stereocenters. The Morgan fingerprint density at radius 2 is 1.58 bits per heavy atom. The van der Waals surface area contributed by atoms with E-state index in [2.05, 4.69) is 12.6 Å². The zero-order valence-corrected chi connectivity index (χ0v) is 7.39. The highest BCUT2D eigenvalue weighted by molar-refractivity contribution is 7.80. The Morgan fingerprint density at radius 3 is 1.92 bits per heavy atom. The third-order valence-electron chi connectivity index (χ3n) is 1.50. The van der Waals surface area contributed by atoms with Gasteiger partial charge in [0.05, 0.1) is 11.1 Å². The van der Waals surface area contributed by atoms with Crippen molar-refractivity contribution in [3.63, 3.8) is 0 Å². The zero-order chi connectivity index (χ0) is 9.14. The molecule has 1 rings (SSSR count). The van der Waals surface area contributed by atoms with Gasteiger partial charge in [0, 0.05) is 4.90 Å². The molecule has 0 aliphatic carbocycles. The van der Waals surface area contributed by atoms with Crippen molar-refractivity contribution in [1.82, 2.24) is 0 Å². The quantitative estimate of drug-likeness (QED) is 0.612. The predicted octanol–water partition coefficient (Wildman–Crippen LogP) is 2.03. The molecule has 0 N–H and O–H groups in total. The van der Waals surface area contributed by atoms with Crippen LogP contribution in [0, 0.1) is 29.6 Å². The summed E-state index contributed by atoms with van der Waals surface area (Å²) < 4.78 is 0. The molecule has 0 aromatic heterocycles. The standard InChI is InChI=1S/C9H6N2S/c1-6-2-7(4-10)9(12)8(3-6)5-11/h2-3,12H,1H3. The Bertz CT molecular complexity index is 361. The SMILES string of the molecule is Cc1cc(C#N)c(S)c(C#N)c1. The molecule has 0 radical (unpaired) electrons. The summed E-state index contributed by atoms with van der Waals surface area (Å²) in [5, 5.41) is 17.3. The second-order valence-corrected chi connectivity index (χ2v) is 2.88. The van der Waals surface area contributed by atoms with E-state index >= 15 is 0 Å². The molecule has 1 aromatic rings. The fraction of sp³-hybridized carbons (Fsp3) is 0.111. The van der Waals surface area contributed by atoms with Gasteiger partial charge >= 0.3 is 0 Å². The van der Waals surface area contributed by atoms with Gasteiger partial charge in [-0.1, -0.05) is 0 Å². The molecule has 12 heavy (non-hydrogen) atoms. The minimum absolute atomic E-state index is 0.454. The van der Waals surface area contributed by atoms with Gasteiger partial charge in [0.25, 0.3) is 0 Å². The van der Waals surface area contributed by atoms with E-state index in [0.29, 0.717) is 16.0 Å². The van der Waals surface area contributed by atoms with E-state index in [1.54, 1.807) is 12.1 Å². The molecule has 0 aliphatic rings. The molecule has 58 valence electrons. The molecule has 0 unspecified atom stereocenters. The van der Waals surface area contributed by atoms with Gasteiger partial charge in [0.1, 0.15) is 12.1 Å². The van der Waals surface area contributed by atoms with Gasteiger partial charge in [-0.05, 0) is 24.6 Å². The number of hydrogen-bond donors (Lipinski definition) is 1. The Balaban J connectivity index is 3.48. The molecule has 1 aromatic carbocycles. The van der Waals surface area contributed by atoms with E-state index in [4.69, 9.17) is 10.5 Å². The van der Waals surface area contributed by atoms with E-state index in [0.717, 1.165) is 5.56 Å². The fourth-order valence-corrected chi connectivity index (χ4v) is 1.18. The minimum atomic E-state index is 0.454. The number of benzene rings is 1. The van der Waals surface area contributed by atoms with Crippen LogP contribution >= 0.6 is 12.6 Å². The lowest BCUT2D eigenvalue weighted by Gasteiger charge is -1.99. The van der Waals surface area contributed by atoms with Crippen LogP contribution in [0.15, 0.2) is 17.0 Å². The summed E-state index contributed by atoms with van der Waals surface area (Å²) in [5.41, 5.74) is 1.81. The first-order valence-corrected chi connectivity index (χ1v) is 3.77. The van der Waals surface area contributed by atoms with Gasteiger partial charge in [-0.15, -0.1) is 12.6 Å². The van der Waals surface area contributed by atoms with E-state index in [9.17, 15) is 0 Å². The normalized spacial score (nSPS) is 8.67.